The number of nitrogens with one attached hydrogen (secondary N) is 2. The van der Waals surface area contributed by atoms with E-state index in [0.717, 1.165) is 25.7 Å². The molecule has 4 nitrogen and oxygen atoms in total. The van der Waals surface area contributed by atoms with E-state index >= 15 is 0 Å². The summed E-state index contributed by atoms with van der Waals surface area (Å²) in [5.41, 5.74) is 1.41. The van der Waals surface area contributed by atoms with E-state index in [1.54, 1.807) is 0 Å². The normalized spacial score (nSPS) is 19.5. The summed E-state index contributed by atoms with van der Waals surface area (Å²) in [5.74, 6) is 0.945. The molecule has 2 aromatic carbocycles. The first-order valence-corrected chi connectivity index (χ1v) is 9.39. The Morgan fingerprint density at radius 2 is 1.15 bits per heavy atom. The Labute approximate surface area is 155 Å². The second kappa shape index (κ2) is 9.18. The highest BCUT2D eigenvalue weighted by molar-refractivity contribution is 5.94. The van der Waals surface area contributed by atoms with Gasteiger partial charge in [-0.2, -0.15) is 0 Å². The van der Waals surface area contributed by atoms with Gasteiger partial charge in [0.25, 0.3) is 11.8 Å². The van der Waals surface area contributed by atoms with E-state index in [0.29, 0.717) is 36.1 Å². The Kier molecular flexibility index (Phi) is 6.42. The zero-order valence-electron chi connectivity index (χ0n) is 15.0. The molecule has 1 aliphatic carbocycles. The minimum Gasteiger partial charge on any atom is -0.352 e. The molecule has 0 aromatic heterocycles. The average Bonchev–Trinajstić information content (AvgIpc) is 2.72. The van der Waals surface area contributed by atoms with Gasteiger partial charge in [-0.05, 0) is 55.4 Å². The van der Waals surface area contributed by atoms with E-state index in [-0.39, 0.29) is 11.8 Å². The van der Waals surface area contributed by atoms with Crippen molar-refractivity contribution in [1.82, 2.24) is 10.6 Å². The number of carbonyl (C=O) groups excluding carboxylic acids is 2. The molecule has 4 heteroatoms. The number of carbonyl (C=O) groups is 2. The van der Waals surface area contributed by atoms with E-state index in [1.165, 1.54) is 0 Å². The highest BCUT2D eigenvalue weighted by atomic mass is 16.2. The van der Waals surface area contributed by atoms with Crippen molar-refractivity contribution in [3.8, 4) is 0 Å². The Bertz CT molecular complexity index is 654. The molecule has 26 heavy (non-hydrogen) atoms. The molecule has 2 N–H and O–H groups in total. The number of rotatable bonds is 6. The topological polar surface area (TPSA) is 58.2 Å². The van der Waals surface area contributed by atoms with Gasteiger partial charge in [-0.1, -0.05) is 42.8 Å². The standard InChI is InChI=1S/C22H26N2O2/c25-21(19-10-3-1-4-11-19)23-15-17-8-7-9-18(14-17)16-24-22(26)20-12-5-2-6-13-20/h1-6,10-13,17-18H,7-9,14-16H2,(H,23,25)(H,24,26). The van der Waals surface area contributed by atoms with Crippen LogP contribution < -0.4 is 10.6 Å². The molecule has 136 valence electrons. The van der Waals surface area contributed by atoms with Gasteiger partial charge in [-0.15, -0.1) is 0 Å². The summed E-state index contributed by atoms with van der Waals surface area (Å²) >= 11 is 0. The average molecular weight is 350 g/mol. The first-order valence-electron chi connectivity index (χ1n) is 9.39. The van der Waals surface area contributed by atoms with Gasteiger partial charge in [0.15, 0.2) is 0 Å². The molecule has 0 bridgehead atoms. The summed E-state index contributed by atoms with van der Waals surface area (Å²) in [4.78, 5) is 24.3. The second-order valence-corrected chi connectivity index (χ2v) is 7.05. The maximum Gasteiger partial charge on any atom is 0.251 e. The molecule has 1 saturated carbocycles. The molecule has 0 radical (unpaired) electrons. The van der Waals surface area contributed by atoms with Crippen LogP contribution in [0, 0.1) is 11.8 Å². The molecule has 0 saturated heterocycles. The van der Waals surface area contributed by atoms with Crippen molar-refractivity contribution in [2.24, 2.45) is 11.8 Å². The lowest BCUT2D eigenvalue weighted by Gasteiger charge is -2.29. The third-order valence-electron chi connectivity index (χ3n) is 5.07. The SMILES string of the molecule is O=C(NCC1CCCC(CNC(=O)c2ccccc2)C1)c1ccccc1. The minimum atomic E-state index is -0.00916. The van der Waals surface area contributed by atoms with E-state index in [1.807, 2.05) is 60.7 Å². The summed E-state index contributed by atoms with van der Waals surface area (Å²) in [7, 11) is 0. The van der Waals surface area contributed by atoms with E-state index < -0.39 is 0 Å². The summed E-state index contributed by atoms with van der Waals surface area (Å²) in [6.45, 7) is 1.41. The molecule has 0 aliphatic heterocycles. The van der Waals surface area contributed by atoms with Crippen LogP contribution in [0.25, 0.3) is 0 Å². The van der Waals surface area contributed by atoms with Crippen molar-refractivity contribution in [2.75, 3.05) is 13.1 Å². The first kappa shape index (κ1) is 18.2. The number of hydrogen-bond donors (Lipinski definition) is 2. The van der Waals surface area contributed by atoms with Crippen LogP contribution in [0.3, 0.4) is 0 Å². The second-order valence-electron chi connectivity index (χ2n) is 7.05. The zero-order chi connectivity index (χ0) is 18.2. The van der Waals surface area contributed by atoms with Crippen molar-refractivity contribution < 1.29 is 9.59 Å². The van der Waals surface area contributed by atoms with Crippen LogP contribution >= 0.6 is 0 Å². The number of benzene rings is 2. The molecule has 2 atom stereocenters. The van der Waals surface area contributed by atoms with Gasteiger partial charge >= 0.3 is 0 Å². The fourth-order valence-corrected chi connectivity index (χ4v) is 3.63. The predicted octanol–water partition coefficient (Wildman–Crippen LogP) is 3.65. The smallest absolute Gasteiger partial charge is 0.251 e. The number of hydrogen-bond acceptors (Lipinski definition) is 2. The van der Waals surface area contributed by atoms with Gasteiger partial charge in [-0.25, -0.2) is 0 Å². The van der Waals surface area contributed by atoms with Gasteiger partial charge in [0.05, 0.1) is 0 Å². The highest BCUT2D eigenvalue weighted by Crippen LogP contribution is 2.28. The highest BCUT2D eigenvalue weighted by Gasteiger charge is 2.23. The summed E-state index contributed by atoms with van der Waals surface area (Å²) in [5, 5.41) is 6.11. The van der Waals surface area contributed by atoms with E-state index in [4.69, 9.17) is 0 Å². The zero-order valence-corrected chi connectivity index (χ0v) is 15.0. The third-order valence-corrected chi connectivity index (χ3v) is 5.07. The molecule has 0 heterocycles. The van der Waals surface area contributed by atoms with Crippen molar-refractivity contribution in [2.45, 2.75) is 25.7 Å². The largest absolute Gasteiger partial charge is 0.352 e. The fraction of sp³-hybridized carbons (Fsp3) is 0.364. The first-order chi connectivity index (χ1) is 12.7. The maximum absolute atomic E-state index is 12.2. The monoisotopic (exact) mass is 350 g/mol. The van der Waals surface area contributed by atoms with Crippen LogP contribution in [0.4, 0.5) is 0 Å². The van der Waals surface area contributed by atoms with Gasteiger partial charge in [0, 0.05) is 24.2 Å². The predicted molar refractivity (Wildman–Crippen MR) is 103 cm³/mol. The van der Waals surface area contributed by atoms with Crippen molar-refractivity contribution >= 4 is 11.8 Å². The lowest BCUT2D eigenvalue weighted by molar-refractivity contribution is 0.0935. The van der Waals surface area contributed by atoms with E-state index in [2.05, 4.69) is 10.6 Å². The molecule has 2 unspecified atom stereocenters. The molecule has 1 aliphatic rings. The van der Waals surface area contributed by atoms with Gasteiger partial charge in [0.2, 0.25) is 0 Å². The minimum absolute atomic E-state index is 0.00916. The van der Waals surface area contributed by atoms with Crippen LogP contribution in [-0.2, 0) is 0 Å². The van der Waals surface area contributed by atoms with E-state index in [9.17, 15) is 9.59 Å². The Balaban J connectivity index is 1.42. The van der Waals surface area contributed by atoms with Crippen LogP contribution in [0.2, 0.25) is 0 Å². The quantitative estimate of drug-likeness (QED) is 0.835. The van der Waals surface area contributed by atoms with Crippen molar-refractivity contribution in [3.05, 3.63) is 71.8 Å². The molecule has 2 amide bonds. The van der Waals surface area contributed by atoms with Gasteiger partial charge < -0.3 is 10.6 Å². The van der Waals surface area contributed by atoms with Crippen LogP contribution in [-0.4, -0.2) is 24.9 Å². The fourth-order valence-electron chi connectivity index (χ4n) is 3.63. The van der Waals surface area contributed by atoms with Crippen molar-refractivity contribution in [1.29, 1.82) is 0 Å². The lowest BCUT2D eigenvalue weighted by atomic mass is 9.81. The molecular weight excluding hydrogens is 324 g/mol. The molecule has 3 rings (SSSR count). The Morgan fingerprint density at radius 1 is 0.731 bits per heavy atom. The van der Waals surface area contributed by atoms with Gasteiger partial charge in [0.1, 0.15) is 0 Å². The molecule has 1 fully saturated rings. The molecule has 2 aromatic rings. The van der Waals surface area contributed by atoms with Crippen LogP contribution in [0.15, 0.2) is 60.7 Å². The summed E-state index contributed by atoms with van der Waals surface area (Å²) in [6.07, 6.45) is 4.47. The van der Waals surface area contributed by atoms with Crippen molar-refractivity contribution in [3.63, 3.8) is 0 Å². The number of amides is 2. The Hall–Kier alpha value is -2.62. The molecular formula is C22H26N2O2. The van der Waals surface area contributed by atoms with Crippen LogP contribution in [0.5, 0.6) is 0 Å². The Morgan fingerprint density at radius 3 is 1.58 bits per heavy atom. The van der Waals surface area contributed by atoms with Gasteiger partial charge in [-0.3, -0.25) is 9.59 Å². The summed E-state index contributed by atoms with van der Waals surface area (Å²) < 4.78 is 0. The summed E-state index contributed by atoms with van der Waals surface area (Å²) in [6, 6.07) is 18.6. The third kappa shape index (κ3) is 5.19. The van der Waals surface area contributed by atoms with Crippen LogP contribution in [0.1, 0.15) is 46.4 Å². The lowest BCUT2D eigenvalue weighted by Crippen LogP contribution is -2.35. The molecule has 0 spiro atoms. The maximum atomic E-state index is 12.2.